The molecule has 0 spiro atoms. The van der Waals surface area contributed by atoms with Crippen molar-refractivity contribution in [1.82, 2.24) is 0 Å². The quantitative estimate of drug-likeness (QED) is 0.720. The summed E-state index contributed by atoms with van der Waals surface area (Å²) < 4.78 is 56.3. The number of aliphatic hydroxyl groups is 1. The molecule has 30 heavy (non-hydrogen) atoms. The molecule has 2 aliphatic heterocycles. The molecule has 10 heteroatoms. The number of hydrogen-bond acceptors (Lipinski definition) is 6. The molecule has 6 unspecified atom stereocenters. The minimum atomic E-state index is -4.54. The van der Waals surface area contributed by atoms with Gasteiger partial charge in [-0.25, -0.2) is 0 Å². The number of rotatable bonds is 3. The van der Waals surface area contributed by atoms with Crippen LogP contribution in [0.5, 0.6) is 0 Å². The molecule has 6 atom stereocenters. The van der Waals surface area contributed by atoms with Gasteiger partial charge in [-0.3, -0.25) is 0 Å². The molecule has 3 N–H and O–H groups in total. The van der Waals surface area contributed by atoms with E-state index in [1.807, 2.05) is 30.3 Å². The van der Waals surface area contributed by atoms with Gasteiger partial charge in [0.1, 0.15) is 23.7 Å². The van der Waals surface area contributed by atoms with Gasteiger partial charge in [0.25, 0.3) is 0 Å². The van der Waals surface area contributed by atoms with Crippen LogP contribution in [0, 0.1) is 0 Å². The van der Waals surface area contributed by atoms with Crippen molar-refractivity contribution in [1.29, 1.82) is 0 Å². The zero-order chi connectivity index (χ0) is 21.5. The Morgan fingerprint density at radius 1 is 1.10 bits per heavy atom. The van der Waals surface area contributed by atoms with E-state index in [0.717, 1.165) is 23.4 Å². The summed E-state index contributed by atoms with van der Waals surface area (Å²) >= 11 is 6.83. The van der Waals surface area contributed by atoms with Crippen molar-refractivity contribution in [3.8, 4) is 0 Å². The zero-order valence-corrected chi connectivity index (χ0v) is 17.0. The average molecular weight is 462 g/mol. The Kier molecular flexibility index (Phi) is 6.32. The molecular weight excluding hydrogens is 443 g/mol. The summed E-state index contributed by atoms with van der Waals surface area (Å²) in [7, 11) is 0. The van der Waals surface area contributed by atoms with Crippen LogP contribution in [-0.4, -0.2) is 41.5 Å². The summed E-state index contributed by atoms with van der Waals surface area (Å²) in [5, 5.41) is 10.2. The van der Waals surface area contributed by atoms with Gasteiger partial charge >= 0.3 is 6.18 Å². The Hall–Kier alpha value is -1.33. The van der Waals surface area contributed by atoms with Crippen molar-refractivity contribution in [2.45, 2.75) is 47.2 Å². The lowest BCUT2D eigenvalue weighted by Gasteiger charge is -2.47. The summed E-state index contributed by atoms with van der Waals surface area (Å²) in [6, 6.07) is 12.0. The van der Waals surface area contributed by atoms with Crippen LogP contribution < -0.4 is 5.73 Å². The second-order valence-electron chi connectivity index (χ2n) is 7.04. The Morgan fingerprint density at radius 2 is 1.83 bits per heavy atom. The van der Waals surface area contributed by atoms with E-state index in [4.69, 9.17) is 31.5 Å². The maximum atomic E-state index is 12.9. The number of ether oxygens (including phenoxy) is 3. The predicted octanol–water partition coefficient (Wildman–Crippen LogP) is 3.98. The summed E-state index contributed by atoms with van der Waals surface area (Å²) in [6.07, 6.45) is -7.38. The summed E-state index contributed by atoms with van der Waals surface area (Å²) in [5.74, 6) is 0. The Balaban J connectivity index is 1.45. The van der Waals surface area contributed by atoms with Crippen LogP contribution in [0.1, 0.15) is 17.4 Å². The van der Waals surface area contributed by atoms with E-state index in [9.17, 15) is 18.3 Å². The number of fused-ring (bicyclic) bond motifs is 1. The van der Waals surface area contributed by atoms with Gasteiger partial charge in [0.15, 0.2) is 6.29 Å². The normalized spacial score (nSPS) is 31.9. The van der Waals surface area contributed by atoms with Gasteiger partial charge in [-0.05, 0) is 18.2 Å². The summed E-state index contributed by atoms with van der Waals surface area (Å²) in [5.41, 5.74) is 5.33. The number of aliphatic hydroxyl groups excluding tert-OH is 1. The fourth-order valence-electron chi connectivity index (χ4n) is 3.45. The molecule has 2 fully saturated rings. The first-order valence-corrected chi connectivity index (χ1v) is 10.4. The van der Waals surface area contributed by atoms with Crippen LogP contribution in [0.2, 0.25) is 5.02 Å². The van der Waals surface area contributed by atoms with E-state index in [2.05, 4.69) is 0 Å². The largest absolute Gasteiger partial charge is 0.417 e. The molecule has 162 valence electrons. The van der Waals surface area contributed by atoms with E-state index < -0.39 is 52.8 Å². The summed E-state index contributed by atoms with van der Waals surface area (Å²) in [4.78, 5) is 0.419. The maximum Gasteiger partial charge on any atom is 0.417 e. The molecule has 0 amide bonds. The molecule has 2 aromatic rings. The van der Waals surface area contributed by atoms with Crippen LogP contribution in [-0.2, 0) is 20.4 Å². The summed E-state index contributed by atoms with van der Waals surface area (Å²) in [6.45, 7) is 0.204. The number of thioether (sulfide) groups is 1. The SMILES string of the molecule is NC1C(O)C(Sc2ccc(C(F)(F)F)c(Cl)c2)OC2COC(c3ccccc3)OC21. The van der Waals surface area contributed by atoms with Crippen molar-refractivity contribution in [2.24, 2.45) is 5.73 Å². The fourth-order valence-corrected chi connectivity index (χ4v) is 4.92. The van der Waals surface area contributed by atoms with Crippen molar-refractivity contribution >= 4 is 23.4 Å². The number of benzene rings is 2. The third-order valence-corrected chi connectivity index (χ3v) is 6.45. The molecule has 2 heterocycles. The maximum absolute atomic E-state index is 12.9. The van der Waals surface area contributed by atoms with Gasteiger partial charge in [0.2, 0.25) is 0 Å². The monoisotopic (exact) mass is 461 g/mol. The average Bonchev–Trinajstić information content (AvgIpc) is 2.71. The Bertz CT molecular complexity index is 886. The van der Waals surface area contributed by atoms with E-state index >= 15 is 0 Å². The van der Waals surface area contributed by atoms with Gasteiger partial charge in [-0.15, -0.1) is 0 Å². The number of alkyl halides is 3. The van der Waals surface area contributed by atoms with Gasteiger partial charge in [-0.2, -0.15) is 13.2 Å². The number of nitrogens with two attached hydrogens (primary N) is 1. The molecule has 0 bridgehead atoms. The van der Waals surface area contributed by atoms with Crippen LogP contribution >= 0.6 is 23.4 Å². The predicted molar refractivity (Wildman–Crippen MR) is 105 cm³/mol. The molecule has 0 saturated carbocycles. The Morgan fingerprint density at radius 3 is 2.50 bits per heavy atom. The first-order chi connectivity index (χ1) is 14.2. The van der Waals surface area contributed by atoms with Crippen molar-refractivity contribution in [3.63, 3.8) is 0 Å². The topological polar surface area (TPSA) is 73.9 Å². The molecule has 2 aromatic carbocycles. The number of hydrogen-bond donors (Lipinski definition) is 2. The fraction of sp³-hybridized carbons (Fsp3) is 0.400. The first kappa shape index (κ1) is 21.9. The third kappa shape index (κ3) is 4.47. The Labute approximate surface area is 180 Å². The van der Waals surface area contributed by atoms with Crippen LogP contribution in [0.3, 0.4) is 0 Å². The van der Waals surface area contributed by atoms with Crippen LogP contribution in [0.15, 0.2) is 53.4 Å². The van der Waals surface area contributed by atoms with Gasteiger partial charge in [0.05, 0.1) is 23.2 Å². The second-order valence-corrected chi connectivity index (χ2v) is 8.62. The minimum Gasteiger partial charge on any atom is -0.388 e. The van der Waals surface area contributed by atoms with E-state index in [1.54, 1.807) is 0 Å². The highest BCUT2D eigenvalue weighted by Crippen LogP contribution is 2.41. The van der Waals surface area contributed by atoms with E-state index in [1.165, 1.54) is 12.1 Å². The first-order valence-electron chi connectivity index (χ1n) is 9.18. The number of halogens is 4. The lowest BCUT2D eigenvalue weighted by Crippen LogP contribution is -2.64. The minimum absolute atomic E-state index is 0.204. The second kappa shape index (κ2) is 8.66. The molecular formula is C20H19ClF3NO4S. The molecule has 5 nitrogen and oxygen atoms in total. The molecule has 2 saturated heterocycles. The standard InChI is InChI=1S/C20H19ClF3NO4S/c21-13-8-11(6-7-12(13)20(22,23)24)30-19-16(26)15(25)17-14(28-19)9-27-18(29-17)10-4-2-1-3-5-10/h1-8,14-19,26H,9,25H2. The van der Waals surface area contributed by atoms with Gasteiger partial charge in [0, 0.05) is 10.5 Å². The van der Waals surface area contributed by atoms with Crippen LogP contribution in [0.25, 0.3) is 0 Å². The third-order valence-electron chi connectivity index (χ3n) is 4.99. The lowest BCUT2D eigenvalue weighted by atomic mass is 9.97. The highest BCUT2D eigenvalue weighted by molar-refractivity contribution is 7.99. The van der Waals surface area contributed by atoms with Gasteiger partial charge < -0.3 is 25.1 Å². The highest BCUT2D eigenvalue weighted by Gasteiger charge is 2.48. The molecule has 2 aliphatic rings. The highest BCUT2D eigenvalue weighted by atomic mass is 35.5. The van der Waals surface area contributed by atoms with Gasteiger partial charge in [-0.1, -0.05) is 53.7 Å². The van der Waals surface area contributed by atoms with Crippen molar-refractivity contribution < 1.29 is 32.5 Å². The molecule has 0 radical (unpaired) electrons. The van der Waals surface area contributed by atoms with Crippen molar-refractivity contribution in [2.75, 3.05) is 6.61 Å². The van der Waals surface area contributed by atoms with Crippen molar-refractivity contribution in [3.05, 3.63) is 64.7 Å². The molecule has 0 aromatic heterocycles. The lowest BCUT2D eigenvalue weighted by molar-refractivity contribution is -0.297. The molecule has 0 aliphatic carbocycles. The smallest absolute Gasteiger partial charge is 0.388 e. The zero-order valence-electron chi connectivity index (χ0n) is 15.5. The van der Waals surface area contributed by atoms with E-state index in [0.29, 0.717) is 4.90 Å². The van der Waals surface area contributed by atoms with E-state index in [-0.39, 0.29) is 6.61 Å². The molecule has 4 rings (SSSR count). The van der Waals surface area contributed by atoms with Crippen LogP contribution in [0.4, 0.5) is 13.2 Å².